The van der Waals surface area contributed by atoms with Crippen LogP contribution in [-0.2, 0) is 6.18 Å². The summed E-state index contributed by atoms with van der Waals surface area (Å²) >= 11 is 5.99. The van der Waals surface area contributed by atoms with Gasteiger partial charge in [-0.2, -0.15) is 13.2 Å². The van der Waals surface area contributed by atoms with Crippen LogP contribution in [0, 0.1) is 0 Å². The molecule has 3 heterocycles. The van der Waals surface area contributed by atoms with Crippen molar-refractivity contribution >= 4 is 34.4 Å². The topological polar surface area (TPSA) is 58.0 Å². The Labute approximate surface area is 170 Å². The number of nitrogens with zero attached hydrogens (tertiary/aromatic N) is 6. The summed E-state index contributed by atoms with van der Waals surface area (Å²) < 4.78 is 38.9. The minimum Gasteiger partial charge on any atom is -0.353 e. The molecular formula is C19H18ClF3N6. The highest BCUT2D eigenvalue weighted by atomic mass is 35.5. The summed E-state index contributed by atoms with van der Waals surface area (Å²) in [5.41, 5.74) is 0.508. The maximum atomic E-state index is 13.0. The maximum absolute atomic E-state index is 13.0. The van der Waals surface area contributed by atoms with Crippen LogP contribution in [-0.4, -0.2) is 46.1 Å². The number of aromatic nitrogens is 4. The van der Waals surface area contributed by atoms with E-state index in [4.69, 9.17) is 11.6 Å². The van der Waals surface area contributed by atoms with E-state index in [9.17, 15) is 13.2 Å². The van der Waals surface area contributed by atoms with Gasteiger partial charge in [-0.05, 0) is 37.1 Å². The Hall–Kier alpha value is -2.68. The first kappa shape index (κ1) is 19.6. The summed E-state index contributed by atoms with van der Waals surface area (Å²) in [5, 5.41) is 0.597. The lowest BCUT2D eigenvalue weighted by molar-refractivity contribution is -0.141. The molecule has 0 amide bonds. The highest BCUT2D eigenvalue weighted by molar-refractivity contribution is 6.31. The van der Waals surface area contributed by atoms with E-state index in [0.717, 1.165) is 43.0 Å². The van der Waals surface area contributed by atoms with E-state index in [2.05, 4.69) is 24.8 Å². The molecule has 0 N–H and O–H groups in total. The lowest BCUT2D eigenvalue weighted by Gasteiger charge is -2.38. The first-order valence-electron chi connectivity index (χ1n) is 9.11. The monoisotopic (exact) mass is 422 g/mol. The largest absolute Gasteiger partial charge is 0.433 e. The second-order valence-electron chi connectivity index (χ2n) is 6.95. The fourth-order valence-corrected chi connectivity index (χ4v) is 3.61. The Balaban J connectivity index is 1.54. The molecule has 0 saturated carbocycles. The Morgan fingerprint density at radius 1 is 1.14 bits per heavy atom. The standard InChI is InChI=1S/C19H18ClF3N6/c1-28(18-24-7-6-16(27-18)19(21,22)23)13-3-2-8-29(11-13)17-10-25-15-9-12(20)4-5-14(15)26-17/h4-7,9-10,13H,2-3,8,11H2,1H3. The lowest BCUT2D eigenvalue weighted by atomic mass is 10.0. The first-order valence-corrected chi connectivity index (χ1v) is 9.49. The molecule has 1 aromatic carbocycles. The number of hydrogen-bond donors (Lipinski definition) is 0. The average molecular weight is 423 g/mol. The summed E-state index contributed by atoms with van der Waals surface area (Å²) in [5.74, 6) is 0.786. The normalized spacial score (nSPS) is 17.6. The van der Waals surface area contributed by atoms with Crippen molar-refractivity contribution in [3.05, 3.63) is 47.4 Å². The van der Waals surface area contributed by atoms with Crippen LogP contribution in [0.15, 0.2) is 36.7 Å². The highest BCUT2D eigenvalue weighted by Gasteiger charge is 2.34. The van der Waals surface area contributed by atoms with Crippen LogP contribution in [0.5, 0.6) is 0 Å². The van der Waals surface area contributed by atoms with Crippen molar-refractivity contribution in [2.75, 3.05) is 29.9 Å². The zero-order valence-electron chi connectivity index (χ0n) is 15.6. The lowest BCUT2D eigenvalue weighted by Crippen LogP contribution is -2.47. The fraction of sp³-hybridized carbons (Fsp3) is 0.368. The van der Waals surface area contributed by atoms with Gasteiger partial charge >= 0.3 is 6.18 Å². The summed E-state index contributed by atoms with van der Waals surface area (Å²) in [7, 11) is 1.72. The molecule has 1 atom stereocenters. The SMILES string of the molecule is CN(c1nccc(C(F)(F)F)n1)C1CCCN(c2cnc3cc(Cl)ccc3n2)C1. The van der Waals surface area contributed by atoms with Crippen molar-refractivity contribution in [3.8, 4) is 0 Å². The minimum atomic E-state index is -4.50. The predicted octanol–water partition coefficient (Wildman–Crippen LogP) is 4.20. The third kappa shape index (κ3) is 4.19. The molecule has 10 heteroatoms. The number of halogens is 4. The molecule has 1 unspecified atom stereocenters. The molecule has 152 valence electrons. The van der Waals surface area contributed by atoms with Crippen molar-refractivity contribution in [1.29, 1.82) is 0 Å². The minimum absolute atomic E-state index is 0.0463. The van der Waals surface area contributed by atoms with E-state index in [1.54, 1.807) is 30.3 Å². The molecule has 0 aliphatic carbocycles. The van der Waals surface area contributed by atoms with Gasteiger partial charge in [0, 0.05) is 37.4 Å². The average Bonchev–Trinajstić information content (AvgIpc) is 2.72. The second-order valence-corrected chi connectivity index (χ2v) is 7.39. The Morgan fingerprint density at radius 2 is 1.97 bits per heavy atom. The maximum Gasteiger partial charge on any atom is 0.433 e. The van der Waals surface area contributed by atoms with Gasteiger partial charge < -0.3 is 9.80 Å². The Bertz CT molecular complexity index is 1030. The molecule has 1 aliphatic rings. The van der Waals surface area contributed by atoms with Crippen LogP contribution in [0.2, 0.25) is 5.02 Å². The number of alkyl halides is 3. The number of benzene rings is 1. The first-order chi connectivity index (χ1) is 13.8. The third-order valence-corrected chi connectivity index (χ3v) is 5.24. The van der Waals surface area contributed by atoms with Crippen molar-refractivity contribution in [2.45, 2.75) is 25.1 Å². The van der Waals surface area contributed by atoms with Gasteiger partial charge in [-0.25, -0.2) is 15.0 Å². The van der Waals surface area contributed by atoms with Gasteiger partial charge in [0.1, 0.15) is 11.5 Å². The van der Waals surface area contributed by atoms with E-state index >= 15 is 0 Å². The number of hydrogen-bond acceptors (Lipinski definition) is 6. The van der Waals surface area contributed by atoms with Crippen molar-refractivity contribution < 1.29 is 13.2 Å². The van der Waals surface area contributed by atoms with Gasteiger partial charge in [-0.15, -0.1) is 0 Å². The molecule has 6 nitrogen and oxygen atoms in total. The molecule has 29 heavy (non-hydrogen) atoms. The van der Waals surface area contributed by atoms with Crippen molar-refractivity contribution in [1.82, 2.24) is 19.9 Å². The molecule has 0 radical (unpaired) electrons. The summed E-state index contributed by atoms with van der Waals surface area (Å²) in [6.07, 6.45) is 0.0300. The Morgan fingerprint density at radius 3 is 2.76 bits per heavy atom. The quantitative estimate of drug-likeness (QED) is 0.630. The van der Waals surface area contributed by atoms with Gasteiger partial charge in [0.25, 0.3) is 0 Å². The van der Waals surface area contributed by atoms with Crippen LogP contribution >= 0.6 is 11.6 Å². The van der Waals surface area contributed by atoms with Crippen LogP contribution in [0.1, 0.15) is 18.5 Å². The molecule has 1 saturated heterocycles. The Kier molecular flexibility index (Phi) is 5.16. The smallest absolute Gasteiger partial charge is 0.353 e. The van der Waals surface area contributed by atoms with Crippen LogP contribution in [0.25, 0.3) is 11.0 Å². The zero-order valence-corrected chi connectivity index (χ0v) is 16.3. The van der Waals surface area contributed by atoms with E-state index in [1.165, 1.54) is 0 Å². The van der Waals surface area contributed by atoms with Gasteiger partial charge in [0.15, 0.2) is 0 Å². The van der Waals surface area contributed by atoms with Gasteiger partial charge in [0.2, 0.25) is 5.95 Å². The number of piperidine rings is 1. The molecular weight excluding hydrogens is 405 g/mol. The summed E-state index contributed by atoms with van der Waals surface area (Å²) in [4.78, 5) is 20.6. The van der Waals surface area contributed by atoms with Crippen LogP contribution in [0.3, 0.4) is 0 Å². The fourth-order valence-electron chi connectivity index (χ4n) is 3.44. The van der Waals surface area contributed by atoms with Crippen LogP contribution in [0.4, 0.5) is 24.9 Å². The van der Waals surface area contributed by atoms with Gasteiger partial charge in [0.05, 0.1) is 17.2 Å². The number of likely N-dealkylation sites (N-methyl/N-ethyl adjacent to an activating group) is 1. The number of rotatable bonds is 3. The van der Waals surface area contributed by atoms with Crippen molar-refractivity contribution in [3.63, 3.8) is 0 Å². The zero-order chi connectivity index (χ0) is 20.6. The summed E-state index contributed by atoms with van der Waals surface area (Å²) in [6.45, 7) is 1.38. The van der Waals surface area contributed by atoms with E-state index < -0.39 is 11.9 Å². The molecule has 0 spiro atoms. The molecule has 0 bridgehead atoms. The van der Waals surface area contributed by atoms with E-state index in [1.807, 2.05) is 6.07 Å². The number of fused-ring (bicyclic) bond motifs is 1. The summed E-state index contributed by atoms with van der Waals surface area (Å²) in [6, 6.07) is 6.17. The number of anilines is 2. The van der Waals surface area contributed by atoms with E-state index in [-0.39, 0.29) is 12.0 Å². The molecule has 4 rings (SSSR count). The second kappa shape index (κ2) is 7.62. The third-order valence-electron chi connectivity index (χ3n) is 5.01. The molecule has 3 aromatic rings. The van der Waals surface area contributed by atoms with Gasteiger partial charge in [-0.1, -0.05) is 11.6 Å². The van der Waals surface area contributed by atoms with Crippen LogP contribution < -0.4 is 9.80 Å². The molecule has 1 fully saturated rings. The molecule has 2 aromatic heterocycles. The highest BCUT2D eigenvalue weighted by Crippen LogP contribution is 2.29. The van der Waals surface area contributed by atoms with Crippen molar-refractivity contribution in [2.24, 2.45) is 0 Å². The van der Waals surface area contributed by atoms with Gasteiger partial charge in [-0.3, -0.25) is 4.98 Å². The predicted molar refractivity (Wildman–Crippen MR) is 105 cm³/mol. The van der Waals surface area contributed by atoms with E-state index in [0.29, 0.717) is 17.1 Å². The molecule has 1 aliphatic heterocycles.